The van der Waals surface area contributed by atoms with Crippen molar-refractivity contribution >= 4 is 10.9 Å². The molecule has 0 bridgehead atoms. The van der Waals surface area contributed by atoms with Crippen molar-refractivity contribution < 1.29 is 17.9 Å². The molecule has 2 rings (SSSR count). The average molecular weight is 266 g/mol. The predicted molar refractivity (Wildman–Crippen MR) is 62.6 cm³/mol. The van der Waals surface area contributed by atoms with Crippen molar-refractivity contribution in [3.8, 4) is 11.8 Å². The number of benzene rings is 1. The molecule has 98 valence electrons. The average Bonchev–Trinajstić information content (AvgIpc) is 2.38. The number of nitriles is 1. The van der Waals surface area contributed by atoms with Crippen molar-refractivity contribution in [3.63, 3.8) is 0 Å². The first-order chi connectivity index (χ1) is 8.93. The topological polar surface area (TPSA) is 45.9 Å². The third-order valence-corrected chi connectivity index (χ3v) is 2.60. The number of fused-ring (bicyclic) bond motifs is 1. The Morgan fingerprint density at radius 2 is 2.00 bits per heavy atom. The molecule has 0 amide bonds. The summed E-state index contributed by atoms with van der Waals surface area (Å²) in [5, 5.41) is 9.33. The van der Waals surface area contributed by atoms with E-state index in [-0.39, 0.29) is 11.3 Å². The second-order valence-corrected chi connectivity index (χ2v) is 3.93. The standard InChI is InChI=1S/C13H9F3N2O/c1-8(13(14,15)16)19-12-9(6-17)7-18-11-5-3-2-4-10(11)12/h2-5,7-8H,1H3. The van der Waals surface area contributed by atoms with Crippen LogP contribution < -0.4 is 4.74 Å². The highest BCUT2D eigenvalue weighted by Gasteiger charge is 2.38. The number of hydrogen-bond acceptors (Lipinski definition) is 3. The summed E-state index contributed by atoms with van der Waals surface area (Å²) in [6.45, 7) is 0.899. The van der Waals surface area contributed by atoms with Gasteiger partial charge in [0.2, 0.25) is 0 Å². The molecule has 1 aromatic carbocycles. The number of para-hydroxylation sites is 1. The molecule has 6 heteroatoms. The molecular formula is C13H9F3N2O. The van der Waals surface area contributed by atoms with Crippen LogP contribution in [0.15, 0.2) is 30.5 Å². The lowest BCUT2D eigenvalue weighted by Gasteiger charge is -2.19. The normalized spacial score (nSPS) is 13.0. The molecule has 2 aromatic rings. The Balaban J connectivity index is 2.54. The van der Waals surface area contributed by atoms with E-state index in [0.29, 0.717) is 10.9 Å². The van der Waals surface area contributed by atoms with E-state index in [1.807, 2.05) is 0 Å². The molecule has 1 aromatic heterocycles. The maximum Gasteiger partial charge on any atom is 0.425 e. The molecule has 0 aliphatic rings. The molecule has 1 heterocycles. The van der Waals surface area contributed by atoms with Crippen LogP contribution in [-0.2, 0) is 0 Å². The summed E-state index contributed by atoms with van der Waals surface area (Å²) >= 11 is 0. The summed E-state index contributed by atoms with van der Waals surface area (Å²) in [6.07, 6.45) is -5.27. The second-order valence-electron chi connectivity index (χ2n) is 3.93. The molecule has 0 N–H and O–H groups in total. The molecule has 0 aliphatic heterocycles. The Bertz CT molecular complexity index is 646. The van der Waals surface area contributed by atoms with Crippen LogP contribution in [0.2, 0.25) is 0 Å². The number of halogens is 3. The first-order valence-electron chi connectivity index (χ1n) is 5.44. The Labute approximate surface area is 107 Å². The fourth-order valence-corrected chi connectivity index (χ4v) is 1.57. The molecule has 0 fully saturated rings. The fourth-order valence-electron chi connectivity index (χ4n) is 1.57. The van der Waals surface area contributed by atoms with Gasteiger partial charge in [-0.1, -0.05) is 12.1 Å². The van der Waals surface area contributed by atoms with Crippen LogP contribution in [0.4, 0.5) is 13.2 Å². The Hall–Kier alpha value is -2.29. The molecule has 19 heavy (non-hydrogen) atoms. The molecule has 0 saturated heterocycles. The molecule has 0 aliphatic carbocycles. The van der Waals surface area contributed by atoms with Crippen LogP contribution in [-0.4, -0.2) is 17.3 Å². The summed E-state index contributed by atoms with van der Waals surface area (Å²) in [5.41, 5.74) is 0.459. The van der Waals surface area contributed by atoms with Crippen molar-refractivity contribution in [2.45, 2.75) is 19.2 Å². The van der Waals surface area contributed by atoms with Gasteiger partial charge in [0.25, 0.3) is 0 Å². The van der Waals surface area contributed by atoms with E-state index >= 15 is 0 Å². The second kappa shape index (κ2) is 4.76. The van der Waals surface area contributed by atoms with Gasteiger partial charge in [0, 0.05) is 11.6 Å². The summed E-state index contributed by atoms with van der Waals surface area (Å²) in [4.78, 5) is 4.00. The quantitative estimate of drug-likeness (QED) is 0.836. The lowest BCUT2D eigenvalue weighted by Crippen LogP contribution is -2.31. The number of rotatable bonds is 2. The van der Waals surface area contributed by atoms with Crippen LogP contribution in [0.3, 0.4) is 0 Å². The van der Waals surface area contributed by atoms with Crippen molar-refractivity contribution in [2.24, 2.45) is 0 Å². The first kappa shape index (κ1) is 13.1. The van der Waals surface area contributed by atoms with E-state index in [9.17, 15) is 13.2 Å². The van der Waals surface area contributed by atoms with E-state index < -0.39 is 12.3 Å². The molecule has 0 radical (unpaired) electrons. The highest BCUT2D eigenvalue weighted by molar-refractivity contribution is 5.87. The number of hydrogen-bond donors (Lipinski definition) is 0. The summed E-state index contributed by atoms with van der Waals surface area (Å²) in [5.74, 6) is -0.0853. The molecular weight excluding hydrogens is 257 g/mol. The predicted octanol–water partition coefficient (Wildman–Crippen LogP) is 3.44. The summed E-state index contributed by atoms with van der Waals surface area (Å²) in [6, 6.07) is 8.36. The van der Waals surface area contributed by atoms with Gasteiger partial charge in [0.15, 0.2) is 6.10 Å². The van der Waals surface area contributed by atoms with Gasteiger partial charge in [0.1, 0.15) is 17.4 Å². The van der Waals surface area contributed by atoms with Crippen LogP contribution in [0.1, 0.15) is 12.5 Å². The fraction of sp³-hybridized carbons (Fsp3) is 0.231. The van der Waals surface area contributed by atoms with Crippen LogP contribution in [0, 0.1) is 11.3 Å². The van der Waals surface area contributed by atoms with Crippen LogP contribution in [0.5, 0.6) is 5.75 Å². The zero-order valence-electron chi connectivity index (χ0n) is 9.90. The van der Waals surface area contributed by atoms with Gasteiger partial charge in [-0.05, 0) is 19.1 Å². The highest BCUT2D eigenvalue weighted by atomic mass is 19.4. The molecule has 3 nitrogen and oxygen atoms in total. The van der Waals surface area contributed by atoms with Crippen LogP contribution >= 0.6 is 0 Å². The van der Waals surface area contributed by atoms with Gasteiger partial charge in [-0.15, -0.1) is 0 Å². The number of nitrogens with zero attached hydrogens (tertiary/aromatic N) is 2. The molecule has 0 spiro atoms. The SMILES string of the molecule is CC(Oc1c(C#N)cnc2ccccc12)C(F)(F)F. The van der Waals surface area contributed by atoms with Gasteiger partial charge in [-0.3, -0.25) is 4.98 Å². The van der Waals surface area contributed by atoms with Crippen molar-refractivity contribution in [1.82, 2.24) is 4.98 Å². The Morgan fingerprint density at radius 1 is 1.32 bits per heavy atom. The Morgan fingerprint density at radius 3 is 2.63 bits per heavy atom. The van der Waals surface area contributed by atoms with E-state index in [1.165, 1.54) is 6.20 Å². The maximum atomic E-state index is 12.5. The third-order valence-electron chi connectivity index (χ3n) is 2.60. The van der Waals surface area contributed by atoms with Gasteiger partial charge in [-0.25, -0.2) is 0 Å². The van der Waals surface area contributed by atoms with E-state index in [4.69, 9.17) is 10.00 Å². The van der Waals surface area contributed by atoms with E-state index in [2.05, 4.69) is 4.98 Å². The van der Waals surface area contributed by atoms with Crippen molar-refractivity contribution in [2.75, 3.05) is 0 Å². The smallest absolute Gasteiger partial charge is 0.425 e. The number of aromatic nitrogens is 1. The van der Waals surface area contributed by atoms with Gasteiger partial charge in [0.05, 0.1) is 5.52 Å². The minimum Gasteiger partial charge on any atom is -0.479 e. The minimum absolute atomic E-state index is 0.0187. The van der Waals surface area contributed by atoms with Gasteiger partial charge in [-0.2, -0.15) is 18.4 Å². The first-order valence-corrected chi connectivity index (χ1v) is 5.44. The lowest BCUT2D eigenvalue weighted by atomic mass is 10.1. The van der Waals surface area contributed by atoms with Crippen molar-refractivity contribution in [3.05, 3.63) is 36.0 Å². The summed E-state index contributed by atoms with van der Waals surface area (Å²) < 4.78 is 42.6. The zero-order chi connectivity index (χ0) is 14.0. The maximum absolute atomic E-state index is 12.5. The van der Waals surface area contributed by atoms with Crippen LogP contribution in [0.25, 0.3) is 10.9 Å². The molecule has 1 atom stereocenters. The zero-order valence-corrected chi connectivity index (χ0v) is 9.90. The van der Waals surface area contributed by atoms with Gasteiger partial charge >= 0.3 is 6.18 Å². The molecule has 1 unspecified atom stereocenters. The molecule has 0 saturated carbocycles. The van der Waals surface area contributed by atoms with E-state index in [0.717, 1.165) is 6.92 Å². The largest absolute Gasteiger partial charge is 0.479 e. The third kappa shape index (κ3) is 2.60. The number of alkyl halides is 3. The number of pyridine rings is 1. The van der Waals surface area contributed by atoms with E-state index in [1.54, 1.807) is 30.3 Å². The summed E-state index contributed by atoms with van der Waals surface area (Å²) in [7, 11) is 0. The van der Waals surface area contributed by atoms with Crippen molar-refractivity contribution in [1.29, 1.82) is 5.26 Å². The Kier molecular flexibility index (Phi) is 3.30. The monoisotopic (exact) mass is 266 g/mol. The minimum atomic E-state index is -4.49. The number of ether oxygens (including phenoxy) is 1. The lowest BCUT2D eigenvalue weighted by molar-refractivity contribution is -0.189. The van der Waals surface area contributed by atoms with Gasteiger partial charge < -0.3 is 4.74 Å². The highest BCUT2D eigenvalue weighted by Crippen LogP contribution is 2.32.